The molecule has 0 atom stereocenters. The number of ether oxygens (including phenoxy) is 1. The van der Waals surface area contributed by atoms with E-state index in [1.54, 1.807) is 12.4 Å². The maximum Gasteiger partial charge on any atom is 0.234 e. The van der Waals surface area contributed by atoms with Crippen molar-refractivity contribution in [2.75, 3.05) is 19.0 Å². The lowest BCUT2D eigenvalue weighted by Gasteiger charge is -2.05. The van der Waals surface area contributed by atoms with Crippen molar-refractivity contribution in [1.29, 1.82) is 0 Å². The highest BCUT2D eigenvalue weighted by molar-refractivity contribution is 5.31. The van der Waals surface area contributed by atoms with Crippen LogP contribution in [0.3, 0.4) is 0 Å². The van der Waals surface area contributed by atoms with Crippen LogP contribution < -0.4 is 10.1 Å². The summed E-state index contributed by atoms with van der Waals surface area (Å²) in [6.07, 6.45) is 7.20. The van der Waals surface area contributed by atoms with E-state index in [0.717, 1.165) is 24.8 Å². The molecule has 4 nitrogen and oxygen atoms in total. The Morgan fingerprint density at radius 1 is 1.50 bits per heavy atom. The van der Waals surface area contributed by atoms with Gasteiger partial charge in [0.25, 0.3) is 0 Å². The van der Waals surface area contributed by atoms with Gasteiger partial charge in [-0.25, -0.2) is 0 Å². The highest BCUT2D eigenvalue weighted by atomic mass is 16.5. The Morgan fingerprint density at radius 3 is 3.07 bits per heavy atom. The molecule has 1 fully saturated rings. The zero-order valence-corrected chi connectivity index (χ0v) is 8.36. The topological polar surface area (TPSA) is 47.0 Å². The van der Waals surface area contributed by atoms with Gasteiger partial charge in [-0.1, -0.05) is 12.8 Å². The first-order valence-electron chi connectivity index (χ1n) is 5.01. The molecular weight excluding hydrogens is 178 g/mol. The normalized spacial score (nSPS) is 15.2. The van der Waals surface area contributed by atoms with E-state index in [0.29, 0.717) is 5.88 Å². The van der Waals surface area contributed by atoms with Crippen LogP contribution in [0.25, 0.3) is 0 Å². The summed E-state index contributed by atoms with van der Waals surface area (Å²) in [6, 6.07) is 0. The minimum atomic E-state index is 0.609. The van der Waals surface area contributed by atoms with Crippen molar-refractivity contribution in [1.82, 2.24) is 9.97 Å². The van der Waals surface area contributed by atoms with Crippen LogP contribution >= 0.6 is 0 Å². The van der Waals surface area contributed by atoms with E-state index >= 15 is 0 Å². The second kappa shape index (κ2) is 4.26. The van der Waals surface area contributed by atoms with Crippen molar-refractivity contribution < 1.29 is 4.74 Å². The molecule has 1 aromatic rings. The van der Waals surface area contributed by atoms with Gasteiger partial charge in [-0.15, -0.1) is 0 Å². The summed E-state index contributed by atoms with van der Waals surface area (Å²) < 4.78 is 5.49. The summed E-state index contributed by atoms with van der Waals surface area (Å²) in [4.78, 5) is 8.23. The number of nitrogens with one attached hydrogen (secondary N) is 1. The fraction of sp³-hybridized carbons (Fsp3) is 0.600. The quantitative estimate of drug-likeness (QED) is 0.773. The fourth-order valence-corrected chi connectivity index (χ4v) is 1.27. The van der Waals surface area contributed by atoms with Crippen molar-refractivity contribution in [2.45, 2.75) is 19.3 Å². The maximum absolute atomic E-state index is 5.49. The van der Waals surface area contributed by atoms with E-state index in [9.17, 15) is 0 Å². The molecule has 76 valence electrons. The summed E-state index contributed by atoms with van der Waals surface area (Å²) in [5, 5.41) is 2.93. The van der Waals surface area contributed by atoms with Crippen LogP contribution in [0.15, 0.2) is 12.4 Å². The van der Waals surface area contributed by atoms with Gasteiger partial charge in [0.1, 0.15) is 5.82 Å². The number of aromatic nitrogens is 2. The average molecular weight is 193 g/mol. The van der Waals surface area contributed by atoms with Crippen LogP contribution in [0.1, 0.15) is 19.3 Å². The second-order valence-corrected chi connectivity index (χ2v) is 3.57. The largest absolute Gasteiger partial charge is 0.477 e. The number of rotatable bonds is 5. The van der Waals surface area contributed by atoms with Crippen molar-refractivity contribution in [3.8, 4) is 5.88 Å². The van der Waals surface area contributed by atoms with E-state index in [2.05, 4.69) is 15.3 Å². The first-order chi connectivity index (χ1) is 6.88. The van der Waals surface area contributed by atoms with Crippen molar-refractivity contribution in [2.24, 2.45) is 5.92 Å². The van der Waals surface area contributed by atoms with E-state index in [4.69, 9.17) is 4.74 Å². The first-order valence-corrected chi connectivity index (χ1v) is 5.01. The average Bonchev–Trinajstić information content (AvgIpc) is 3.02. The minimum Gasteiger partial charge on any atom is -0.477 e. The van der Waals surface area contributed by atoms with E-state index < -0.39 is 0 Å². The van der Waals surface area contributed by atoms with Gasteiger partial charge in [-0.3, -0.25) is 4.98 Å². The third-order valence-corrected chi connectivity index (χ3v) is 2.34. The van der Waals surface area contributed by atoms with Gasteiger partial charge in [-0.05, 0) is 12.3 Å². The highest BCUT2D eigenvalue weighted by Gasteiger charge is 2.20. The van der Waals surface area contributed by atoms with Crippen LogP contribution in [0.4, 0.5) is 5.82 Å². The molecule has 1 aliphatic rings. The van der Waals surface area contributed by atoms with Gasteiger partial charge >= 0.3 is 0 Å². The Kier molecular flexibility index (Phi) is 2.81. The summed E-state index contributed by atoms with van der Waals surface area (Å²) in [6.45, 7) is 0.756. The Bertz CT molecular complexity index is 299. The first kappa shape index (κ1) is 9.24. The van der Waals surface area contributed by atoms with Gasteiger partial charge in [0.15, 0.2) is 0 Å². The summed E-state index contributed by atoms with van der Waals surface area (Å²) in [7, 11) is 1.82. The van der Waals surface area contributed by atoms with Crippen LogP contribution in [0.2, 0.25) is 0 Å². The predicted molar refractivity (Wildman–Crippen MR) is 54.4 cm³/mol. The van der Waals surface area contributed by atoms with Crippen LogP contribution in [-0.4, -0.2) is 23.6 Å². The fourth-order valence-electron chi connectivity index (χ4n) is 1.27. The highest BCUT2D eigenvalue weighted by Crippen LogP contribution is 2.32. The third kappa shape index (κ3) is 2.58. The van der Waals surface area contributed by atoms with Crippen LogP contribution in [-0.2, 0) is 0 Å². The monoisotopic (exact) mass is 193 g/mol. The molecule has 0 aromatic carbocycles. The lowest BCUT2D eigenvalue weighted by atomic mass is 10.3. The summed E-state index contributed by atoms with van der Waals surface area (Å²) >= 11 is 0. The predicted octanol–water partition coefficient (Wildman–Crippen LogP) is 1.70. The molecule has 4 heteroatoms. The van der Waals surface area contributed by atoms with E-state index in [-0.39, 0.29) is 0 Å². The molecular formula is C10H15N3O. The molecule has 0 bridgehead atoms. The molecule has 1 saturated carbocycles. The SMILES string of the molecule is CNc1cncc(OCCC2CC2)n1. The van der Waals surface area contributed by atoms with E-state index in [1.807, 2.05) is 7.05 Å². The van der Waals surface area contributed by atoms with Crippen molar-refractivity contribution >= 4 is 5.82 Å². The van der Waals surface area contributed by atoms with Gasteiger partial charge in [0.05, 0.1) is 19.0 Å². The number of anilines is 1. The summed E-state index contributed by atoms with van der Waals surface area (Å²) in [5.41, 5.74) is 0. The molecule has 0 aliphatic heterocycles. The molecule has 0 radical (unpaired) electrons. The Labute approximate surface area is 83.7 Å². The van der Waals surface area contributed by atoms with Crippen molar-refractivity contribution in [3.05, 3.63) is 12.4 Å². The molecule has 1 heterocycles. The molecule has 0 spiro atoms. The molecule has 14 heavy (non-hydrogen) atoms. The molecule has 1 N–H and O–H groups in total. The van der Waals surface area contributed by atoms with Crippen LogP contribution in [0.5, 0.6) is 5.88 Å². The smallest absolute Gasteiger partial charge is 0.234 e. The molecule has 0 amide bonds. The number of hydrogen-bond acceptors (Lipinski definition) is 4. The van der Waals surface area contributed by atoms with Gasteiger partial charge in [0, 0.05) is 7.05 Å². The summed E-state index contributed by atoms with van der Waals surface area (Å²) in [5.74, 6) is 2.25. The van der Waals surface area contributed by atoms with Crippen LogP contribution in [0, 0.1) is 5.92 Å². The zero-order chi connectivity index (χ0) is 9.80. The lowest BCUT2D eigenvalue weighted by Crippen LogP contribution is -2.02. The number of nitrogens with zero attached hydrogens (tertiary/aromatic N) is 2. The zero-order valence-electron chi connectivity index (χ0n) is 8.36. The molecule has 0 saturated heterocycles. The van der Waals surface area contributed by atoms with Gasteiger partial charge < -0.3 is 10.1 Å². The molecule has 1 aromatic heterocycles. The third-order valence-electron chi connectivity index (χ3n) is 2.34. The van der Waals surface area contributed by atoms with Gasteiger partial charge in [-0.2, -0.15) is 4.98 Å². The Hall–Kier alpha value is -1.32. The van der Waals surface area contributed by atoms with Gasteiger partial charge in [0.2, 0.25) is 5.88 Å². The number of hydrogen-bond donors (Lipinski definition) is 1. The standard InChI is InChI=1S/C10H15N3O/c1-11-9-6-12-7-10(13-9)14-5-4-8-2-3-8/h6-8H,2-5H2,1H3,(H,11,13). The van der Waals surface area contributed by atoms with Crippen molar-refractivity contribution in [3.63, 3.8) is 0 Å². The second-order valence-electron chi connectivity index (χ2n) is 3.57. The maximum atomic E-state index is 5.49. The molecule has 0 unspecified atom stereocenters. The molecule has 2 rings (SSSR count). The molecule has 1 aliphatic carbocycles. The Balaban J connectivity index is 1.81. The minimum absolute atomic E-state index is 0.609. The lowest BCUT2D eigenvalue weighted by molar-refractivity contribution is 0.290. The Morgan fingerprint density at radius 2 is 2.36 bits per heavy atom. The van der Waals surface area contributed by atoms with E-state index in [1.165, 1.54) is 12.8 Å².